The summed E-state index contributed by atoms with van der Waals surface area (Å²) in [5, 5.41) is 3.12. The van der Waals surface area contributed by atoms with Crippen molar-refractivity contribution in [2.45, 2.75) is 38.8 Å². The standard InChI is InChI=1S/C13H19N3/c1-9(2)15-13(14)16-12-7-10-5-3-4-6-11(10)8-12/h3-6,9,12H,7-8H2,1-2H3,(H3,14,15,16). The van der Waals surface area contributed by atoms with E-state index in [1.807, 2.05) is 0 Å². The van der Waals surface area contributed by atoms with Gasteiger partial charge in [0.2, 0.25) is 0 Å². The van der Waals surface area contributed by atoms with Crippen molar-refractivity contribution in [3.63, 3.8) is 0 Å². The third-order valence-corrected chi connectivity index (χ3v) is 2.79. The van der Waals surface area contributed by atoms with Crippen molar-refractivity contribution in [1.82, 2.24) is 5.32 Å². The molecule has 16 heavy (non-hydrogen) atoms. The molecular formula is C13H19N3. The highest BCUT2D eigenvalue weighted by molar-refractivity contribution is 5.78. The van der Waals surface area contributed by atoms with Crippen LogP contribution in [0.2, 0.25) is 0 Å². The van der Waals surface area contributed by atoms with Gasteiger partial charge in [-0.05, 0) is 37.8 Å². The van der Waals surface area contributed by atoms with Crippen molar-refractivity contribution in [2.24, 2.45) is 10.7 Å². The van der Waals surface area contributed by atoms with E-state index in [9.17, 15) is 0 Å². The van der Waals surface area contributed by atoms with Crippen molar-refractivity contribution < 1.29 is 0 Å². The van der Waals surface area contributed by atoms with E-state index in [2.05, 4.69) is 48.4 Å². The maximum absolute atomic E-state index is 5.83. The summed E-state index contributed by atoms with van der Waals surface area (Å²) in [6.45, 7) is 4.12. The van der Waals surface area contributed by atoms with Crippen LogP contribution in [0.1, 0.15) is 25.0 Å². The van der Waals surface area contributed by atoms with Crippen LogP contribution in [0.3, 0.4) is 0 Å². The first-order valence-corrected chi connectivity index (χ1v) is 5.81. The molecule has 1 aromatic rings. The highest BCUT2D eigenvalue weighted by Gasteiger charge is 2.20. The van der Waals surface area contributed by atoms with E-state index >= 15 is 0 Å². The molecule has 1 aliphatic rings. The molecule has 0 unspecified atom stereocenters. The molecule has 0 fully saturated rings. The van der Waals surface area contributed by atoms with Gasteiger partial charge in [-0.2, -0.15) is 0 Å². The van der Waals surface area contributed by atoms with Crippen molar-refractivity contribution in [1.29, 1.82) is 0 Å². The van der Waals surface area contributed by atoms with Gasteiger partial charge in [0.1, 0.15) is 0 Å². The van der Waals surface area contributed by atoms with Crippen LogP contribution < -0.4 is 11.1 Å². The van der Waals surface area contributed by atoms with Crippen LogP contribution >= 0.6 is 0 Å². The lowest BCUT2D eigenvalue weighted by atomic mass is 10.1. The largest absolute Gasteiger partial charge is 0.370 e. The molecule has 0 heterocycles. The molecule has 0 atom stereocenters. The zero-order chi connectivity index (χ0) is 11.5. The summed E-state index contributed by atoms with van der Waals surface area (Å²) in [5.41, 5.74) is 8.65. The van der Waals surface area contributed by atoms with Crippen molar-refractivity contribution in [3.05, 3.63) is 35.4 Å². The molecular weight excluding hydrogens is 198 g/mol. The fraction of sp³-hybridized carbons (Fsp3) is 0.462. The van der Waals surface area contributed by atoms with E-state index in [4.69, 9.17) is 5.73 Å². The molecule has 1 aliphatic carbocycles. The average Bonchev–Trinajstić information content (AvgIpc) is 2.57. The minimum absolute atomic E-state index is 0.309. The monoisotopic (exact) mass is 217 g/mol. The summed E-state index contributed by atoms with van der Waals surface area (Å²) in [4.78, 5) is 4.51. The Labute approximate surface area is 96.8 Å². The number of hydrogen-bond donors (Lipinski definition) is 2. The Bertz CT molecular complexity index is 371. The molecule has 0 aliphatic heterocycles. The first-order chi connectivity index (χ1) is 7.65. The second-order valence-electron chi connectivity index (χ2n) is 4.64. The molecule has 2 rings (SSSR count). The highest BCUT2D eigenvalue weighted by atomic mass is 15.1. The third kappa shape index (κ3) is 2.54. The number of aliphatic imine (C=N–C) groups is 1. The number of rotatable bonds is 2. The Balaban J connectivity index is 2.01. The summed E-state index contributed by atoms with van der Waals surface area (Å²) in [7, 11) is 0. The van der Waals surface area contributed by atoms with Gasteiger partial charge in [0.25, 0.3) is 0 Å². The van der Waals surface area contributed by atoms with Gasteiger partial charge >= 0.3 is 0 Å². The van der Waals surface area contributed by atoms with Crippen molar-refractivity contribution in [2.75, 3.05) is 0 Å². The minimum Gasteiger partial charge on any atom is -0.370 e. The van der Waals surface area contributed by atoms with E-state index in [-0.39, 0.29) is 0 Å². The lowest BCUT2D eigenvalue weighted by Crippen LogP contribution is -2.37. The summed E-state index contributed by atoms with van der Waals surface area (Å²) in [6, 6.07) is 9.17. The van der Waals surface area contributed by atoms with Crippen LogP contribution in [-0.4, -0.2) is 18.0 Å². The van der Waals surface area contributed by atoms with Gasteiger partial charge in [0, 0.05) is 6.04 Å². The van der Waals surface area contributed by atoms with Crippen molar-refractivity contribution in [3.8, 4) is 0 Å². The lowest BCUT2D eigenvalue weighted by Gasteiger charge is -2.10. The Kier molecular flexibility index (Phi) is 3.13. The number of hydrogen-bond acceptors (Lipinski definition) is 1. The molecule has 0 saturated carbocycles. The molecule has 3 nitrogen and oxygen atoms in total. The molecule has 0 aromatic heterocycles. The van der Waals surface area contributed by atoms with E-state index < -0.39 is 0 Å². The Hall–Kier alpha value is -1.51. The second-order valence-corrected chi connectivity index (χ2v) is 4.64. The minimum atomic E-state index is 0.309. The van der Waals surface area contributed by atoms with Crippen LogP contribution in [-0.2, 0) is 12.8 Å². The molecule has 0 amide bonds. The van der Waals surface area contributed by atoms with E-state index in [0.29, 0.717) is 18.0 Å². The Morgan fingerprint density at radius 3 is 2.38 bits per heavy atom. The van der Waals surface area contributed by atoms with Gasteiger partial charge in [0.05, 0.1) is 6.04 Å². The molecule has 0 spiro atoms. The Morgan fingerprint density at radius 2 is 1.88 bits per heavy atom. The van der Waals surface area contributed by atoms with Gasteiger partial charge in [-0.15, -0.1) is 0 Å². The average molecular weight is 217 g/mol. The zero-order valence-electron chi connectivity index (χ0n) is 9.90. The molecule has 0 saturated heterocycles. The van der Waals surface area contributed by atoms with Crippen LogP contribution in [0.5, 0.6) is 0 Å². The lowest BCUT2D eigenvalue weighted by molar-refractivity contribution is 0.685. The van der Waals surface area contributed by atoms with Gasteiger partial charge < -0.3 is 11.1 Å². The number of nitrogens with one attached hydrogen (secondary N) is 1. The summed E-state index contributed by atoms with van der Waals surface area (Å²) < 4.78 is 0. The van der Waals surface area contributed by atoms with E-state index in [1.54, 1.807) is 0 Å². The predicted octanol–water partition coefficient (Wildman–Crippen LogP) is 1.47. The maximum atomic E-state index is 5.83. The maximum Gasteiger partial charge on any atom is 0.189 e. The van der Waals surface area contributed by atoms with Crippen molar-refractivity contribution >= 4 is 5.96 Å². The summed E-state index contributed by atoms with van der Waals surface area (Å²) >= 11 is 0. The Morgan fingerprint density at radius 1 is 1.31 bits per heavy atom. The number of guanidine groups is 1. The predicted molar refractivity (Wildman–Crippen MR) is 67.5 cm³/mol. The summed E-state index contributed by atoms with van der Waals surface area (Å²) in [6.07, 6.45) is 2.02. The quantitative estimate of drug-likeness (QED) is 0.582. The topological polar surface area (TPSA) is 50.4 Å². The molecule has 86 valence electrons. The smallest absolute Gasteiger partial charge is 0.189 e. The molecule has 3 heteroatoms. The summed E-state index contributed by atoms with van der Waals surface area (Å²) in [5.74, 6) is 0.563. The molecule has 0 radical (unpaired) electrons. The normalized spacial score (nSPS) is 16.6. The second kappa shape index (κ2) is 4.56. The van der Waals surface area contributed by atoms with E-state index in [1.165, 1.54) is 11.1 Å². The van der Waals surface area contributed by atoms with Gasteiger partial charge in [-0.25, -0.2) is 4.99 Å². The number of fused-ring (bicyclic) bond motifs is 1. The fourth-order valence-corrected chi connectivity index (χ4v) is 2.16. The van der Waals surface area contributed by atoms with Gasteiger partial charge in [0.15, 0.2) is 5.96 Å². The number of nitrogens with two attached hydrogens (primary N) is 1. The number of benzene rings is 1. The third-order valence-electron chi connectivity index (χ3n) is 2.79. The number of nitrogens with zero attached hydrogens (tertiary/aromatic N) is 1. The first kappa shape index (κ1) is 11.0. The molecule has 0 bridgehead atoms. The highest BCUT2D eigenvalue weighted by Crippen LogP contribution is 2.23. The van der Waals surface area contributed by atoms with Crippen LogP contribution in [0.15, 0.2) is 29.3 Å². The van der Waals surface area contributed by atoms with Gasteiger partial charge in [-0.1, -0.05) is 24.3 Å². The van der Waals surface area contributed by atoms with Crippen LogP contribution in [0, 0.1) is 0 Å². The molecule has 1 aromatic carbocycles. The van der Waals surface area contributed by atoms with Crippen LogP contribution in [0.25, 0.3) is 0 Å². The zero-order valence-corrected chi connectivity index (χ0v) is 9.90. The van der Waals surface area contributed by atoms with Crippen LogP contribution in [0.4, 0.5) is 0 Å². The first-order valence-electron chi connectivity index (χ1n) is 5.81. The molecule has 3 N–H and O–H groups in total. The van der Waals surface area contributed by atoms with Gasteiger partial charge in [-0.3, -0.25) is 0 Å². The van der Waals surface area contributed by atoms with E-state index in [0.717, 1.165) is 12.8 Å². The SMILES string of the molecule is CC(C)NC(N)=NC1Cc2ccccc2C1. The fourth-order valence-electron chi connectivity index (χ4n) is 2.16.